The van der Waals surface area contributed by atoms with Gasteiger partial charge >= 0.3 is 5.97 Å². The number of carbonyl (C=O) groups is 2. The van der Waals surface area contributed by atoms with Crippen molar-refractivity contribution < 1.29 is 19.4 Å². The summed E-state index contributed by atoms with van der Waals surface area (Å²) in [4.78, 5) is 26.0. The molecule has 5 nitrogen and oxygen atoms in total. The molecule has 1 fully saturated rings. The Bertz CT molecular complexity index is 766. The van der Waals surface area contributed by atoms with Crippen LogP contribution in [0.5, 0.6) is 5.75 Å². The third-order valence-corrected chi connectivity index (χ3v) is 4.41. The molecule has 1 N–H and O–H groups in total. The highest BCUT2D eigenvalue weighted by Gasteiger charge is 2.32. The van der Waals surface area contributed by atoms with E-state index in [1.807, 2.05) is 29.2 Å². The number of methoxy groups -OCH3 is 1. The quantitative estimate of drug-likeness (QED) is 0.841. The highest BCUT2D eigenvalue weighted by Crippen LogP contribution is 2.29. The predicted octanol–water partition coefficient (Wildman–Crippen LogP) is 3.13. The van der Waals surface area contributed by atoms with Gasteiger partial charge in [0.15, 0.2) is 0 Å². The minimum atomic E-state index is -1.00. The SMILES string of the molecule is COc1ccc(CN(C(=O)Cc2ccccc2C(=O)O)C2CC2)cc1. The van der Waals surface area contributed by atoms with Crippen molar-refractivity contribution in [1.82, 2.24) is 4.90 Å². The molecule has 2 aromatic carbocycles. The number of ether oxygens (including phenoxy) is 1. The van der Waals surface area contributed by atoms with Crippen LogP contribution in [0, 0.1) is 0 Å². The molecule has 1 aliphatic rings. The number of hydrogen-bond acceptors (Lipinski definition) is 3. The van der Waals surface area contributed by atoms with Gasteiger partial charge in [0.1, 0.15) is 5.75 Å². The maximum atomic E-state index is 12.8. The molecule has 1 aliphatic carbocycles. The summed E-state index contributed by atoms with van der Waals surface area (Å²) in [5.74, 6) is -0.257. The fourth-order valence-electron chi connectivity index (χ4n) is 2.88. The summed E-state index contributed by atoms with van der Waals surface area (Å²) in [6.07, 6.45) is 2.11. The lowest BCUT2D eigenvalue weighted by Crippen LogP contribution is -2.34. The zero-order chi connectivity index (χ0) is 17.8. The van der Waals surface area contributed by atoms with Crippen molar-refractivity contribution in [2.75, 3.05) is 7.11 Å². The van der Waals surface area contributed by atoms with Gasteiger partial charge in [-0.05, 0) is 42.2 Å². The van der Waals surface area contributed by atoms with Crippen molar-refractivity contribution in [2.24, 2.45) is 0 Å². The van der Waals surface area contributed by atoms with Gasteiger partial charge in [-0.1, -0.05) is 30.3 Å². The number of hydrogen-bond donors (Lipinski definition) is 1. The smallest absolute Gasteiger partial charge is 0.335 e. The van der Waals surface area contributed by atoms with Crippen LogP contribution in [0.25, 0.3) is 0 Å². The van der Waals surface area contributed by atoms with Crippen LogP contribution in [0.1, 0.15) is 34.3 Å². The van der Waals surface area contributed by atoms with Crippen LogP contribution in [0.2, 0.25) is 0 Å². The molecule has 0 aliphatic heterocycles. The van der Waals surface area contributed by atoms with Crippen molar-refractivity contribution in [3.05, 3.63) is 65.2 Å². The van der Waals surface area contributed by atoms with E-state index in [9.17, 15) is 14.7 Å². The summed E-state index contributed by atoms with van der Waals surface area (Å²) in [5.41, 5.74) is 1.78. The molecule has 0 aromatic heterocycles. The Hall–Kier alpha value is -2.82. The number of nitrogens with zero attached hydrogens (tertiary/aromatic N) is 1. The topological polar surface area (TPSA) is 66.8 Å². The Morgan fingerprint density at radius 3 is 2.40 bits per heavy atom. The molecule has 2 aromatic rings. The summed E-state index contributed by atoms with van der Waals surface area (Å²) in [6.45, 7) is 0.530. The molecular weight excluding hydrogens is 318 g/mol. The van der Waals surface area contributed by atoms with E-state index in [0.717, 1.165) is 24.2 Å². The summed E-state index contributed by atoms with van der Waals surface area (Å²) in [6, 6.07) is 14.6. The first-order valence-electron chi connectivity index (χ1n) is 8.32. The number of rotatable bonds is 7. The molecule has 0 unspecified atom stereocenters. The fourth-order valence-corrected chi connectivity index (χ4v) is 2.88. The summed E-state index contributed by atoms with van der Waals surface area (Å²) in [5, 5.41) is 9.29. The number of aromatic carboxylic acids is 1. The van der Waals surface area contributed by atoms with Gasteiger partial charge in [0.2, 0.25) is 5.91 Å². The van der Waals surface area contributed by atoms with Gasteiger partial charge < -0.3 is 14.7 Å². The van der Waals surface area contributed by atoms with E-state index in [0.29, 0.717) is 12.1 Å². The summed E-state index contributed by atoms with van der Waals surface area (Å²) >= 11 is 0. The molecule has 1 saturated carbocycles. The van der Waals surface area contributed by atoms with Crippen LogP contribution in [0.3, 0.4) is 0 Å². The van der Waals surface area contributed by atoms with Gasteiger partial charge in [-0.3, -0.25) is 4.79 Å². The molecular formula is C20H21NO4. The minimum Gasteiger partial charge on any atom is -0.497 e. The Labute approximate surface area is 146 Å². The first kappa shape index (κ1) is 17.0. The average molecular weight is 339 g/mol. The first-order chi connectivity index (χ1) is 12.1. The number of carboxylic acids is 1. The highest BCUT2D eigenvalue weighted by molar-refractivity contribution is 5.91. The van der Waals surface area contributed by atoms with E-state index < -0.39 is 5.97 Å². The van der Waals surface area contributed by atoms with Gasteiger partial charge in [0.25, 0.3) is 0 Å². The predicted molar refractivity (Wildman–Crippen MR) is 93.7 cm³/mol. The number of amides is 1. The summed E-state index contributed by atoms with van der Waals surface area (Å²) < 4.78 is 5.16. The van der Waals surface area contributed by atoms with Crippen molar-refractivity contribution in [3.63, 3.8) is 0 Å². The maximum Gasteiger partial charge on any atom is 0.335 e. The van der Waals surface area contributed by atoms with Crippen LogP contribution in [0.15, 0.2) is 48.5 Å². The second-order valence-corrected chi connectivity index (χ2v) is 6.24. The Morgan fingerprint density at radius 2 is 1.80 bits per heavy atom. The van der Waals surface area contributed by atoms with E-state index in [-0.39, 0.29) is 23.9 Å². The van der Waals surface area contributed by atoms with Gasteiger partial charge in [-0.25, -0.2) is 4.79 Å². The van der Waals surface area contributed by atoms with Crippen molar-refractivity contribution in [2.45, 2.75) is 31.8 Å². The van der Waals surface area contributed by atoms with Crippen molar-refractivity contribution >= 4 is 11.9 Å². The highest BCUT2D eigenvalue weighted by atomic mass is 16.5. The zero-order valence-corrected chi connectivity index (χ0v) is 14.1. The lowest BCUT2D eigenvalue weighted by molar-refractivity contribution is -0.131. The minimum absolute atomic E-state index is 0.0352. The monoisotopic (exact) mass is 339 g/mol. The second-order valence-electron chi connectivity index (χ2n) is 6.24. The molecule has 0 atom stereocenters. The maximum absolute atomic E-state index is 12.8. The lowest BCUT2D eigenvalue weighted by atomic mass is 10.0. The average Bonchev–Trinajstić information content (AvgIpc) is 3.45. The van der Waals surface area contributed by atoms with E-state index in [1.54, 1.807) is 25.3 Å². The Kier molecular flexibility index (Phi) is 5.03. The second kappa shape index (κ2) is 7.38. The van der Waals surface area contributed by atoms with Crippen molar-refractivity contribution in [3.8, 4) is 5.75 Å². The van der Waals surface area contributed by atoms with Crippen LogP contribution >= 0.6 is 0 Å². The summed E-state index contributed by atoms with van der Waals surface area (Å²) in [7, 11) is 1.62. The fraction of sp³-hybridized carbons (Fsp3) is 0.300. The number of carboxylic acid groups (broad SMARTS) is 1. The molecule has 0 radical (unpaired) electrons. The van der Waals surface area contributed by atoms with Gasteiger partial charge in [-0.2, -0.15) is 0 Å². The zero-order valence-electron chi connectivity index (χ0n) is 14.1. The van der Waals surface area contributed by atoms with Gasteiger partial charge in [0.05, 0.1) is 19.1 Å². The van der Waals surface area contributed by atoms with E-state index in [4.69, 9.17) is 4.74 Å². The normalized spacial score (nSPS) is 13.3. The number of benzene rings is 2. The molecule has 25 heavy (non-hydrogen) atoms. The first-order valence-corrected chi connectivity index (χ1v) is 8.32. The third kappa shape index (κ3) is 4.18. The van der Waals surface area contributed by atoms with E-state index in [1.165, 1.54) is 6.07 Å². The number of carbonyl (C=O) groups excluding carboxylic acids is 1. The van der Waals surface area contributed by atoms with Crippen LogP contribution < -0.4 is 4.74 Å². The Morgan fingerprint density at radius 1 is 1.12 bits per heavy atom. The Balaban J connectivity index is 1.74. The molecule has 0 bridgehead atoms. The van der Waals surface area contributed by atoms with E-state index >= 15 is 0 Å². The molecule has 130 valence electrons. The van der Waals surface area contributed by atoms with Crippen LogP contribution in [-0.4, -0.2) is 35.0 Å². The molecule has 1 amide bonds. The molecule has 3 rings (SSSR count). The van der Waals surface area contributed by atoms with E-state index in [2.05, 4.69) is 0 Å². The van der Waals surface area contributed by atoms with Crippen molar-refractivity contribution in [1.29, 1.82) is 0 Å². The third-order valence-electron chi connectivity index (χ3n) is 4.41. The van der Waals surface area contributed by atoms with Gasteiger partial charge in [-0.15, -0.1) is 0 Å². The van der Waals surface area contributed by atoms with Crippen LogP contribution in [-0.2, 0) is 17.8 Å². The standard InChI is InChI=1S/C20H21NO4/c1-25-17-10-6-14(7-11-17)13-21(16-8-9-16)19(22)12-15-4-2-3-5-18(15)20(23)24/h2-7,10-11,16H,8-9,12-13H2,1H3,(H,23,24). The molecule has 5 heteroatoms. The lowest BCUT2D eigenvalue weighted by Gasteiger charge is -2.23. The molecule has 0 spiro atoms. The van der Waals surface area contributed by atoms with Crippen LogP contribution in [0.4, 0.5) is 0 Å². The largest absolute Gasteiger partial charge is 0.497 e. The van der Waals surface area contributed by atoms with Gasteiger partial charge in [0, 0.05) is 12.6 Å². The molecule has 0 heterocycles. The molecule has 0 saturated heterocycles.